The Balaban J connectivity index is 3.06. The van der Waals surface area contributed by atoms with E-state index in [1.54, 1.807) is 0 Å². The van der Waals surface area contributed by atoms with Crippen LogP contribution in [0, 0.1) is 0 Å². The number of pyridine rings is 1. The zero-order chi connectivity index (χ0) is 14.3. The maximum absolute atomic E-state index is 11.9. The van der Waals surface area contributed by atoms with Crippen LogP contribution in [0.1, 0.15) is 10.5 Å². The zero-order valence-electron chi connectivity index (χ0n) is 10.5. The molecule has 0 unspecified atom stereocenters. The molecule has 8 heteroatoms. The summed E-state index contributed by atoms with van der Waals surface area (Å²) in [4.78, 5) is 49.5. The first-order valence-electron chi connectivity index (χ1n) is 5.30. The Morgan fingerprint density at radius 3 is 2.42 bits per heavy atom. The van der Waals surface area contributed by atoms with Crippen LogP contribution < -0.4 is 16.7 Å². The Morgan fingerprint density at radius 2 is 1.84 bits per heavy atom. The Bertz CT molecular complexity index is 855. The second-order valence-electron chi connectivity index (χ2n) is 3.97. The molecule has 0 bridgehead atoms. The summed E-state index contributed by atoms with van der Waals surface area (Å²) in [5.74, 6) is -0.757. The number of hydrogen-bond donors (Lipinski definition) is 1. The van der Waals surface area contributed by atoms with E-state index in [-0.39, 0.29) is 16.7 Å². The van der Waals surface area contributed by atoms with Gasteiger partial charge >= 0.3 is 11.7 Å². The van der Waals surface area contributed by atoms with Crippen molar-refractivity contribution in [3.05, 3.63) is 42.8 Å². The lowest BCUT2D eigenvalue weighted by molar-refractivity contribution is 0.0594. The quantitative estimate of drug-likeness (QED) is 0.646. The summed E-state index contributed by atoms with van der Waals surface area (Å²) >= 11 is 0. The number of nitrogens with one attached hydrogen (secondary N) is 1. The second-order valence-corrected chi connectivity index (χ2v) is 3.97. The minimum absolute atomic E-state index is 0.0130. The third-order valence-corrected chi connectivity index (χ3v) is 2.84. The summed E-state index contributed by atoms with van der Waals surface area (Å²) in [7, 11) is 3.83. The lowest BCUT2D eigenvalue weighted by Gasteiger charge is -2.08. The number of aromatic nitrogens is 3. The summed E-state index contributed by atoms with van der Waals surface area (Å²) in [5, 5.41) is -0.183. The van der Waals surface area contributed by atoms with E-state index < -0.39 is 22.6 Å². The van der Waals surface area contributed by atoms with E-state index in [2.05, 4.69) is 9.72 Å². The molecule has 0 aliphatic rings. The Morgan fingerprint density at radius 1 is 1.21 bits per heavy atom. The molecule has 100 valence electrons. The number of fused-ring (bicyclic) bond motifs is 1. The summed E-state index contributed by atoms with van der Waals surface area (Å²) in [6.07, 6.45) is 0. The molecule has 0 saturated heterocycles. The topological polar surface area (TPSA) is 103 Å². The van der Waals surface area contributed by atoms with Gasteiger partial charge in [0.25, 0.3) is 5.56 Å². The Kier molecular flexibility index (Phi) is 2.85. The number of aromatic amines is 1. The molecule has 8 nitrogen and oxygen atoms in total. The number of ether oxygens (including phenoxy) is 1. The van der Waals surface area contributed by atoms with Gasteiger partial charge in [0.15, 0.2) is 5.43 Å². The van der Waals surface area contributed by atoms with E-state index in [0.717, 1.165) is 22.3 Å². The van der Waals surface area contributed by atoms with Gasteiger partial charge in [0.05, 0.1) is 7.11 Å². The fourth-order valence-corrected chi connectivity index (χ4v) is 1.80. The normalized spacial score (nSPS) is 10.7. The summed E-state index contributed by atoms with van der Waals surface area (Å²) in [5.41, 5.74) is -2.10. The Labute approximate surface area is 105 Å². The monoisotopic (exact) mass is 265 g/mol. The van der Waals surface area contributed by atoms with Gasteiger partial charge in [-0.25, -0.2) is 9.59 Å². The molecule has 19 heavy (non-hydrogen) atoms. The van der Waals surface area contributed by atoms with Crippen molar-refractivity contribution in [3.63, 3.8) is 0 Å². The smallest absolute Gasteiger partial charge is 0.354 e. The number of nitrogens with zero attached hydrogens (tertiary/aromatic N) is 2. The average Bonchev–Trinajstić information content (AvgIpc) is 2.40. The fraction of sp³-hybridized carbons (Fsp3) is 0.273. The van der Waals surface area contributed by atoms with Gasteiger partial charge in [0.1, 0.15) is 16.7 Å². The van der Waals surface area contributed by atoms with E-state index in [0.29, 0.717) is 0 Å². The number of esters is 1. The maximum atomic E-state index is 11.9. The molecule has 1 N–H and O–H groups in total. The molecule has 2 aromatic rings. The van der Waals surface area contributed by atoms with Crippen LogP contribution in [0.25, 0.3) is 11.0 Å². The number of hydrogen-bond acceptors (Lipinski definition) is 5. The van der Waals surface area contributed by atoms with Gasteiger partial charge in [-0.2, -0.15) is 0 Å². The average molecular weight is 265 g/mol. The third-order valence-electron chi connectivity index (χ3n) is 2.84. The molecule has 0 aliphatic carbocycles. The largest absolute Gasteiger partial charge is 0.464 e. The number of methoxy groups -OCH3 is 1. The predicted octanol–water partition coefficient (Wildman–Crippen LogP) is -1.29. The minimum atomic E-state index is -0.757. The summed E-state index contributed by atoms with van der Waals surface area (Å²) < 4.78 is 6.40. The van der Waals surface area contributed by atoms with Crippen molar-refractivity contribution in [2.75, 3.05) is 7.11 Å². The van der Waals surface area contributed by atoms with E-state index in [1.165, 1.54) is 14.1 Å². The molecule has 2 heterocycles. The van der Waals surface area contributed by atoms with Gasteiger partial charge in [0.2, 0.25) is 0 Å². The van der Waals surface area contributed by atoms with Gasteiger partial charge in [-0.1, -0.05) is 0 Å². The van der Waals surface area contributed by atoms with Gasteiger partial charge in [-0.05, 0) is 0 Å². The summed E-state index contributed by atoms with van der Waals surface area (Å²) in [6.45, 7) is 0. The van der Waals surface area contributed by atoms with Crippen molar-refractivity contribution in [2.45, 2.75) is 0 Å². The molecule has 0 spiro atoms. The van der Waals surface area contributed by atoms with Crippen molar-refractivity contribution in [2.24, 2.45) is 14.1 Å². The highest BCUT2D eigenvalue weighted by Gasteiger charge is 2.16. The second kappa shape index (κ2) is 4.23. The van der Waals surface area contributed by atoms with E-state index in [4.69, 9.17) is 0 Å². The number of H-pyrrole nitrogens is 1. The van der Waals surface area contributed by atoms with Crippen molar-refractivity contribution in [3.8, 4) is 0 Å². The van der Waals surface area contributed by atoms with Crippen LogP contribution in [0.2, 0.25) is 0 Å². The lowest BCUT2D eigenvalue weighted by atomic mass is 10.2. The first-order chi connectivity index (χ1) is 8.88. The highest BCUT2D eigenvalue weighted by Crippen LogP contribution is 2.02. The minimum Gasteiger partial charge on any atom is -0.464 e. The van der Waals surface area contributed by atoms with Crippen LogP contribution in [0.15, 0.2) is 20.4 Å². The molecule has 2 aromatic heterocycles. The highest BCUT2D eigenvalue weighted by atomic mass is 16.5. The van der Waals surface area contributed by atoms with Crippen molar-refractivity contribution in [1.29, 1.82) is 0 Å². The third kappa shape index (κ3) is 1.77. The molecule has 0 aromatic carbocycles. The van der Waals surface area contributed by atoms with Gasteiger partial charge < -0.3 is 9.72 Å². The van der Waals surface area contributed by atoms with Crippen molar-refractivity contribution >= 4 is 17.0 Å². The number of aryl methyl sites for hydroxylation is 1. The number of rotatable bonds is 1. The zero-order valence-corrected chi connectivity index (χ0v) is 10.5. The van der Waals surface area contributed by atoms with Gasteiger partial charge in [-0.15, -0.1) is 0 Å². The van der Waals surface area contributed by atoms with Crippen molar-refractivity contribution < 1.29 is 9.53 Å². The first-order valence-corrected chi connectivity index (χ1v) is 5.30. The maximum Gasteiger partial charge on any atom is 0.354 e. The Hall–Kier alpha value is -2.64. The van der Waals surface area contributed by atoms with E-state index in [1.807, 2.05) is 0 Å². The number of carbonyl (C=O) groups is 1. The molecule has 0 aliphatic heterocycles. The SMILES string of the molecule is COC(=O)c1cc(=O)c2c(=O)n(C)c(=O)n(C)c2[nH]1. The molecule has 0 radical (unpaired) electrons. The summed E-state index contributed by atoms with van der Waals surface area (Å²) in [6, 6.07) is 0.972. The van der Waals surface area contributed by atoms with Crippen LogP contribution in [-0.2, 0) is 18.8 Å². The molecule has 0 saturated carbocycles. The van der Waals surface area contributed by atoms with E-state index >= 15 is 0 Å². The lowest BCUT2D eigenvalue weighted by Crippen LogP contribution is -2.39. The van der Waals surface area contributed by atoms with Crippen LogP contribution in [0.4, 0.5) is 0 Å². The molecule has 0 atom stereocenters. The molecule has 0 fully saturated rings. The van der Waals surface area contributed by atoms with Crippen LogP contribution in [0.5, 0.6) is 0 Å². The predicted molar refractivity (Wildman–Crippen MR) is 66.4 cm³/mol. The van der Waals surface area contributed by atoms with Crippen LogP contribution in [-0.4, -0.2) is 27.2 Å². The highest BCUT2D eigenvalue weighted by molar-refractivity contribution is 5.89. The molecule has 2 rings (SSSR count). The van der Waals surface area contributed by atoms with Gasteiger partial charge in [-0.3, -0.25) is 18.7 Å². The fourth-order valence-electron chi connectivity index (χ4n) is 1.80. The first kappa shape index (κ1) is 12.8. The van der Waals surface area contributed by atoms with Crippen molar-refractivity contribution in [1.82, 2.24) is 14.1 Å². The molecule has 0 amide bonds. The van der Waals surface area contributed by atoms with E-state index in [9.17, 15) is 19.2 Å². The number of carbonyl (C=O) groups excluding carboxylic acids is 1. The molecular formula is C11H11N3O5. The van der Waals surface area contributed by atoms with Crippen LogP contribution >= 0.6 is 0 Å². The molecular weight excluding hydrogens is 254 g/mol. The standard InChI is InChI=1S/C11H11N3O5/c1-13-8-7(9(16)14(2)11(13)18)6(15)4-5(12-8)10(17)19-3/h4H,1-3H3,(H,12,15). The van der Waals surface area contributed by atoms with Crippen LogP contribution in [0.3, 0.4) is 0 Å². The van der Waals surface area contributed by atoms with Gasteiger partial charge in [0, 0.05) is 20.2 Å².